The van der Waals surface area contributed by atoms with Crippen LogP contribution in [-0.2, 0) is 14.3 Å². The van der Waals surface area contributed by atoms with Crippen LogP contribution in [0.1, 0.15) is 15.9 Å². The number of ether oxygens (including phenoxy) is 1. The number of carbonyl (C=O) groups is 3. The number of esters is 1. The van der Waals surface area contributed by atoms with E-state index in [2.05, 4.69) is 5.32 Å². The van der Waals surface area contributed by atoms with Gasteiger partial charge >= 0.3 is 5.97 Å². The number of fused-ring (bicyclic) bond motifs is 2. The third kappa shape index (κ3) is 4.78. The van der Waals surface area contributed by atoms with Crippen molar-refractivity contribution in [2.24, 2.45) is 0 Å². The zero-order valence-electron chi connectivity index (χ0n) is 19.0. The number of hydrogen-bond acceptors (Lipinski definition) is 7. The average Bonchev–Trinajstić information content (AvgIpc) is 2.90. The lowest BCUT2D eigenvalue weighted by Crippen LogP contribution is -2.21. The van der Waals surface area contributed by atoms with Gasteiger partial charge in [0, 0.05) is 33.2 Å². The van der Waals surface area contributed by atoms with Crippen LogP contribution in [0.25, 0.3) is 21.9 Å². The number of nitro benzene ring substituents is 1. The molecule has 0 heterocycles. The Bertz CT molecular complexity index is 1620. The largest absolute Gasteiger partial charge is 0.455 e. The first kappa shape index (κ1) is 24.5. The molecule has 0 bridgehead atoms. The van der Waals surface area contributed by atoms with Crippen LogP contribution < -0.4 is 5.32 Å². The zero-order valence-corrected chi connectivity index (χ0v) is 20.6. The lowest BCUT2D eigenvalue weighted by atomic mass is 9.83. The molecule has 0 unspecified atom stereocenters. The molecule has 37 heavy (non-hydrogen) atoms. The van der Waals surface area contributed by atoms with Gasteiger partial charge in [-0.2, -0.15) is 0 Å². The molecule has 1 N–H and O–H groups in total. The Morgan fingerprint density at radius 3 is 2.49 bits per heavy atom. The van der Waals surface area contributed by atoms with E-state index in [0.717, 1.165) is 32.9 Å². The smallest absolute Gasteiger partial charge is 0.316 e. The summed E-state index contributed by atoms with van der Waals surface area (Å²) in [7, 11) is 0. The van der Waals surface area contributed by atoms with Crippen LogP contribution in [0, 0.1) is 10.1 Å². The molecule has 1 amide bonds. The molecule has 10 heteroatoms. The Morgan fingerprint density at radius 2 is 1.70 bits per heavy atom. The van der Waals surface area contributed by atoms with Gasteiger partial charge in [0.1, 0.15) is 5.02 Å². The summed E-state index contributed by atoms with van der Waals surface area (Å²) in [6.07, 6.45) is 0. The van der Waals surface area contributed by atoms with Crippen molar-refractivity contribution in [2.75, 3.05) is 17.7 Å². The van der Waals surface area contributed by atoms with Crippen molar-refractivity contribution in [3.63, 3.8) is 0 Å². The highest BCUT2D eigenvalue weighted by Gasteiger charge is 2.25. The van der Waals surface area contributed by atoms with Crippen LogP contribution in [0.4, 0.5) is 11.4 Å². The maximum atomic E-state index is 13.1. The summed E-state index contributed by atoms with van der Waals surface area (Å²) in [5.74, 6) is -1.34. The Labute approximate surface area is 219 Å². The third-order valence-electron chi connectivity index (χ3n) is 5.84. The van der Waals surface area contributed by atoms with Crippen LogP contribution in [-0.4, -0.2) is 34.9 Å². The molecule has 0 aliphatic heterocycles. The molecule has 0 radical (unpaired) electrons. The molecule has 184 valence electrons. The molecule has 4 aromatic carbocycles. The number of carbonyl (C=O) groups excluding carboxylic acids is 3. The van der Waals surface area contributed by atoms with E-state index in [9.17, 15) is 24.5 Å². The lowest BCUT2D eigenvalue weighted by Gasteiger charge is -2.21. The second kappa shape index (κ2) is 10.0. The normalized spacial score (nSPS) is 11.6. The summed E-state index contributed by atoms with van der Waals surface area (Å²) >= 11 is 7.02. The first-order valence-electron chi connectivity index (χ1n) is 11.1. The highest BCUT2D eigenvalue weighted by atomic mass is 35.5. The molecule has 5 rings (SSSR count). The maximum Gasteiger partial charge on any atom is 0.316 e. The molecule has 0 atom stereocenters. The van der Waals surface area contributed by atoms with Gasteiger partial charge in [0.2, 0.25) is 0 Å². The third-order valence-corrected chi connectivity index (χ3v) is 7.21. The fourth-order valence-corrected chi connectivity index (χ4v) is 5.27. The number of benzene rings is 4. The summed E-state index contributed by atoms with van der Waals surface area (Å²) in [4.78, 5) is 48.7. The van der Waals surface area contributed by atoms with E-state index in [-0.39, 0.29) is 27.9 Å². The highest BCUT2D eigenvalue weighted by molar-refractivity contribution is 8.00. The molecule has 0 saturated heterocycles. The molecular weight excluding hydrogens is 516 g/mol. The topological polar surface area (TPSA) is 116 Å². The Morgan fingerprint density at radius 1 is 0.946 bits per heavy atom. The van der Waals surface area contributed by atoms with E-state index in [4.69, 9.17) is 16.3 Å². The standard InChI is InChI=1S/C27H17ClN2O6S/c28-21-10-8-15(12-22(21)30(34)35)29-24(31)13-36-25(32)14-37-23-11-9-17-16-4-1-2-5-18(16)27(33)20-7-3-6-19(23)26(17)20/h1-12H,13-14H2,(H,29,31). The van der Waals surface area contributed by atoms with E-state index < -0.39 is 23.4 Å². The molecule has 1 aliphatic carbocycles. The Balaban J connectivity index is 1.25. The number of hydrogen-bond donors (Lipinski definition) is 1. The van der Waals surface area contributed by atoms with Gasteiger partial charge in [0.05, 0.1) is 10.7 Å². The van der Waals surface area contributed by atoms with Crippen molar-refractivity contribution in [1.29, 1.82) is 0 Å². The number of nitro groups is 1. The second-order valence-electron chi connectivity index (χ2n) is 8.13. The minimum Gasteiger partial charge on any atom is -0.455 e. The molecule has 0 saturated carbocycles. The summed E-state index contributed by atoms with van der Waals surface area (Å²) in [5, 5.41) is 15.1. The molecule has 0 spiro atoms. The van der Waals surface area contributed by atoms with Crippen LogP contribution >= 0.6 is 23.4 Å². The van der Waals surface area contributed by atoms with Crippen molar-refractivity contribution >= 4 is 63.2 Å². The van der Waals surface area contributed by atoms with Crippen LogP contribution in [0.15, 0.2) is 77.7 Å². The molecule has 0 fully saturated rings. The number of anilines is 1. The lowest BCUT2D eigenvalue weighted by molar-refractivity contribution is -0.384. The molecule has 4 aromatic rings. The van der Waals surface area contributed by atoms with Crippen molar-refractivity contribution in [1.82, 2.24) is 0 Å². The van der Waals surface area contributed by atoms with Gasteiger partial charge in [0.15, 0.2) is 12.4 Å². The van der Waals surface area contributed by atoms with Crippen LogP contribution in [0.2, 0.25) is 5.02 Å². The summed E-state index contributed by atoms with van der Waals surface area (Å²) in [5.41, 5.74) is 2.94. The van der Waals surface area contributed by atoms with Gasteiger partial charge in [-0.1, -0.05) is 60.1 Å². The molecular formula is C27H17ClN2O6S. The molecule has 0 aromatic heterocycles. The van der Waals surface area contributed by atoms with Crippen molar-refractivity contribution < 1.29 is 24.0 Å². The van der Waals surface area contributed by atoms with E-state index in [1.807, 2.05) is 48.5 Å². The SMILES string of the molecule is O=C(COC(=O)CSc1ccc2c3c(cccc13)C(=O)c1ccccc1-2)Nc1ccc(Cl)c([N+](=O)[O-])c1. The van der Waals surface area contributed by atoms with Gasteiger partial charge in [-0.3, -0.25) is 24.5 Å². The molecule has 8 nitrogen and oxygen atoms in total. The van der Waals surface area contributed by atoms with Crippen molar-refractivity contribution in [2.45, 2.75) is 4.90 Å². The summed E-state index contributed by atoms with van der Waals surface area (Å²) < 4.78 is 5.07. The fraction of sp³-hybridized carbons (Fsp3) is 0.0741. The van der Waals surface area contributed by atoms with Gasteiger partial charge in [-0.15, -0.1) is 11.8 Å². The van der Waals surface area contributed by atoms with E-state index in [1.54, 1.807) is 6.07 Å². The average molecular weight is 533 g/mol. The summed E-state index contributed by atoms with van der Waals surface area (Å²) in [6, 6.07) is 20.7. The van der Waals surface area contributed by atoms with Crippen molar-refractivity contribution in [3.05, 3.63) is 99.1 Å². The predicted molar refractivity (Wildman–Crippen MR) is 141 cm³/mol. The van der Waals surface area contributed by atoms with Gasteiger partial charge in [-0.25, -0.2) is 0 Å². The minimum absolute atomic E-state index is 0.0349. The Kier molecular flexibility index (Phi) is 6.64. The monoisotopic (exact) mass is 532 g/mol. The fourth-order valence-electron chi connectivity index (χ4n) is 4.23. The van der Waals surface area contributed by atoms with Crippen LogP contribution in [0.3, 0.4) is 0 Å². The molecule has 1 aliphatic rings. The van der Waals surface area contributed by atoms with Gasteiger partial charge in [-0.05, 0) is 34.7 Å². The quantitative estimate of drug-likeness (QED) is 0.120. The van der Waals surface area contributed by atoms with E-state index >= 15 is 0 Å². The number of amides is 1. The number of nitrogens with zero attached hydrogens (tertiary/aromatic N) is 1. The number of halogens is 1. The van der Waals surface area contributed by atoms with E-state index in [1.165, 1.54) is 23.9 Å². The highest BCUT2D eigenvalue weighted by Crippen LogP contribution is 2.42. The zero-order chi connectivity index (χ0) is 26.1. The number of ketones is 1. The first-order valence-corrected chi connectivity index (χ1v) is 12.4. The Hall–Kier alpha value is -4.21. The number of nitrogens with one attached hydrogen (secondary N) is 1. The second-order valence-corrected chi connectivity index (χ2v) is 9.56. The van der Waals surface area contributed by atoms with Crippen molar-refractivity contribution in [3.8, 4) is 11.1 Å². The summed E-state index contributed by atoms with van der Waals surface area (Å²) in [6.45, 7) is -0.551. The number of rotatable bonds is 7. The number of thioether (sulfide) groups is 1. The van der Waals surface area contributed by atoms with Gasteiger partial charge < -0.3 is 10.1 Å². The van der Waals surface area contributed by atoms with E-state index in [0.29, 0.717) is 11.1 Å². The maximum absolute atomic E-state index is 13.1. The van der Waals surface area contributed by atoms with Crippen LogP contribution in [0.5, 0.6) is 0 Å². The predicted octanol–water partition coefficient (Wildman–Crippen LogP) is 5.89. The first-order chi connectivity index (χ1) is 17.8. The minimum atomic E-state index is -0.661. The van der Waals surface area contributed by atoms with Gasteiger partial charge in [0.25, 0.3) is 11.6 Å².